The minimum absolute atomic E-state index is 0.729. The Labute approximate surface area is 125 Å². The molecule has 0 saturated heterocycles. The summed E-state index contributed by atoms with van der Waals surface area (Å²) >= 11 is 0. The predicted molar refractivity (Wildman–Crippen MR) is 85.5 cm³/mol. The first-order chi connectivity index (χ1) is 10.2. The summed E-state index contributed by atoms with van der Waals surface area (Å²) in [5.74, 6) is -0.878. The van der Waals surface area contributed by atoms with Crippen molar-refractivity contribution >= 4 is 11.7 Å². The van der Waals surface area contributed by atoms with E-state index in [1.165, 1.54) is 18.4 Å². The quantitative estimate of drug-likeness (QED) is 0.798. The zero-order valence-electron chi connectivity index (χ0n) is 12.3. The highest BCUT2D eigenvalue weighted by Gasteiger charge is 2.18. The van der Waals surface area contributed by atoms with Gasteiger partial charge in [-0.2, -0.15) is 0 Å². The maximum absolute atomic E-state index is 11.5. The van der Waals surface area contributed by atoms with Crippen LogP contribution in [0.5, 0.6) is 0 Å². The molecule has 0 aromatic heterocycles. The van der Waals surface area contributed by atoms with Gasteiger partial charge in [-0.1, -0.05) is 55.8 Å². The highest BCUT2D eigenvalue weighted by atomic mass is 16.4. The van der Waals surface area contributed by atoms with Gasteiger partial charge in [0, 0.05) is 5.69 Å². The fourth-order valence-electron chi connectivity index (χ4n) is 2.25. The Hall–Kier alpha value is -2.29. The van der Waals surface area contributed by atoms with Crippen LogP contribution in [0.2, 0.25) is 0 Å². The number of nitrogens with one attached hydrogen (secondary N) is 1. The molecule has 0 radical (unpaired) electrons. The number of anilines is 1. The summed E-state index contributed by atoms with van der Waals surface area (Å²) in [6.07, 6.45) is 3.42. The third-order valence-electron chi connectivity index (χ3n) is 3.46. The van der Waals surface area contributed by atoms with Crippen molar-refractivity contribution in [1.82, 2.24) is 0 Å². The van der Waals surface area contributed by atoms with Crippen molar-refractivity contribution in [3.8, 4) is 0 Å². The Morgan fingerprint density at radius 2 is 1.76 bits per heavy atom. The first-order valence-corrected chi connectivity index (χ1v) is 7.34. The van der Waals surface area contributed by atoms with Gasteiger partial charge in [0.1, 0.15) is 0 Å². The Morgan fingerprint density at radius 1 is 1.10 bits per heavy atom. The molecule has 0 amide bonds. The molecular weight excluding hydrogens is 262 g/mol. The molecule has 3 heteroatoms. The number of aliphatic carboxylic acids is 1. The summed E-state index contributed by atoms with van der Waals surface area (Å²) in [4.78, 5) is 11.5. The Bertz CT molecular complexity index is 564. The van der Waals surface area contributed by atoms with Gasteiger partial charge in [-0.15, -0.1) is 0 Å². The second kappa shape index (κ2) is 7.48. The molecule has 0 saturated carbocycles. The van der Waals surface area contributed by atoms with Gasteiger partial charge in [-0.25, -0.2) is 4.79 Å². The van der Waals surface area contributed by atoms with Crippen molar-refractivity contribution in [1.29, 1.82) is 0 Å². The maximum Gasteiger partial charge on any atom is 0.330 e. The maximum atomic E-state index is 11.5. The highest BCUT2D eigenvalue weighted by molar-refractivity contribution is 5.79. The van der Waals surface area contributed by atoms with Crippen molar-refractivity contribution in [3.63, 3.8) is 0 Å². The van der Waals surface area contributed by atoms with Crippen LogP contribution in [0.4, 0.5) is 5.69 Å². The normalized spacial score (nSPS) is 11.9. The first kappa shape index (κ1) is 15.1. The van der Waals surface area contributed by atoms with Crippen LogP contribution in [-0.4, -0.2) is 11.1 Å². The van der Waals surface area contributed by atoms with Crippen LogP contribution in [-0.2, 0) is 11.2 Å². The number of carbonyl (C=O) groups is 1. The fraction of sp³-hybridized carbons (Fsp3) is 0.278. The molecule has 0 fully saturated rings. The van der Waals surface area contributed by atoms with Crippen LogP contribution < -0.4 is 5.32 Å². The van der Waals surface area contributed by atoms with E-state index < -0.39 is 12.0 Å². The summed E-state index contributed by atoms with van der Waals surface area (Å²) in [6.45, 7) is 2.17. The van der Waals surface area contributed by atoms with E-state index in [1.807, 2.05) is 42.5 Å². The van der Waals surface area contributed by atoms with E-state index in [0.717, 1.165) is 17.7 Å². The van der Waals surface area contributed by atoms with E-state index in [4.69, 9.17) is 0 Å². The highest BCUT2D eigenvalue weighted by Crippen LogP contribution is 2.20. The third kappa shape index (κ3) is 4.35. The van der Waals surface area contributed by atoms with Gasteiger partial charge in [-0.05, 0) is 36.1 Å². The van der Waals surface area contributed by atoms with Gasteiger partial charge in [0.25, 0.3) is 0 Å². The fourth-order valence-corrected chi connectivity index (χ4v) is 2.25. The zero-order chi connectivity index (χ0) is 15.1. The largest absolute Gasteiger partial charge is 0.479 e. The van der Waals surface area contributed by atoms with Gasteiger partial charge in [0.2, 0.25) is 0 Å². The lowest BCUT2D eigenvalue weighted by Gasteiger charge is -2.16. The van der Waals surface area contributed by atoms with Crippen LogP contribution in [0.25, 0.3) is 0 Å². The average Bonchev–Trinajstić information content (AvgIpc) is 2.52. The first-order valence-electron chi connectivity index (χ1n) is 7.34. The van der Waals surface area contributed by atoms with Gasteiger partial charge in [0.15, 0.2) is 6.04 Å². The standard InChI is InChI=1S/C18H21NO2/c1-2-3-7-14-10-12-16(13-11-14)19-17(18(20)21)15-8-5-4-6-9-15/h4-6,8-13,17,19H,2-3,7H2,1H3,(H,20,21). The molecule has 0 spiro atoms. The minimum Gasteiger partial charge on any atom is -0.479 e. The van der Waals surface area contributed by atoms with E-state index in [2.05, 4.69) is 24.4 Å². The molecule has 2 aromatic carbocycles. The summed E-state index contributed by atoms with van der Waals surface area (Å²) in [5.41, 5.74) is 2.86. The molecule has 3 nitrogen and oxygen atoms in total. The monoisotopic (exact) mass is 283 g/mol. The van der Waals surface area contributed by atoms with Crippen molar-refractivity contribution in [2.75, 3.05) is 5.32 Å². The van der Waals surface area contributed by atoms with Crippen LogP contribution >= 0.6 is 0 Å². The van der Waals surface area contributed by atoms with Gasteiger partial charge < -0.3 is 10.4 Å². The molecule has 110 valence electrons. The molecule has 0 bridgehead atoms. The molecule has 2 N–H and O–H groups in total. The number of aryl methyl sites for hydroxylation is 1. The lowest BCUT2D eigenvalue weighted by Crippen LogP contribution is -2.20. The molecule has 21 heavy (non-hydrogen) atoms. The minimum atomic E-state index is -0.878. The summed E-state index contributed by atoms with van der Waals surface area (Å²) in [7, 11) is 0. The molecule has 2 aromatic rings. The molecule has 0 aliphatic rings. The molecule has 0 aliphatic carbocycles. The molecule has 1 atom stereocenters. The zero-order valence-corrected chi connectivity index (χ0v) is 12.3. The molecule has 0 heterocycles. The number of rotatable bonds is 7. The molecule has 2 rings (SSSR count). The van der Waals surface area contributed by atoms with E-state index in [9.17, 15) is 9.90 Å². The topological polar surface area (TPSA) is 49.3 Å². The van der Waals surface area contributed by atoms with Crippen molar-refractivity contribution in [2.24, 2.45) is 0 Å². The van der Waals surface area contributed by atoms with Gasteiger partial charge >= 0.3 is 5.97 Å². The average molecular weight is 283 g/mol. The number of carboxylic acids is 1. The Balaban J connectivity index is 2.09. The van der Waals surface area contributed by atoms with Crippen molar-refractivity contribution in [2.45, 2.75) is 32.2 Å². The second-order valence-electron chi connectivity index (χ2n) is 5.13. The van der Waals surface area contributed by atoms with E-state index in [-0.39, 0.29) is 0 Å². The van der Waals surface area contributed by atoms with Crippen LogP contribution in [0.3, 0.4) is 0 Å². The number of benzene rings is 2. The molecule has 0 aliphatic heterocycles. The summed E-state index contributed by atoms with van der Waals surface area (Å²) in [5, 5.41) is 12.5. The summed E-state index contributed by atoms with van der Waals surface area (Å²) < 4.78 is 0. The number of unbranched alkanes of at least 4 members (excludes halogenated alkanes) is 1. The van der Waals surface area contributed by atoms with Gasteiger partial charge in [0.05, 0.1) is 0 Å². The number of hydrogen-bond donors (Lipinski definition) is 2. The SMILES string of the molecule is CCCCc1ccc(NC(C(=O)O)c2ccccc2)cc1. The smallest absolute Gasteiger partial charge is 0.330 e. The third-order valence-corrected chi connectivity index (χ3v) is 3.46. The lowest BCUT2D eigenvalue weighted by atomic mass is 10.1. The van der Waals surface area contributed by atoms with E-state index >= 15 is 0 Å². The van der Waals surface area contributed by atoms with Crippen molar-refractivity contribution in [3.05, 3.63) is 65.7 Å². The van der Waals surface area contributed by atoms with Crippen molar-refractivity contribution < 1.29 is 9.90 Å². The Morgan fingerprint density at radius 3 is 2.33 bits per heavy atom. The van der Waals surface area contributed by atoms with Crippen LogP contribution in [0, 0.1) is 0 Å². The van der Waals surface area contributed by atoms with Crippen LogP contribution in [0.15, 0.2) is 54.6 Å². The van der Waals surface area contributed by atoms with Crippen LogP contribution in [0.1, 0.15) is 36.9 Å². The lowest BCUT2D eigenvalue weighted by molar-refractivity contribution is -0.138. The van der Waals surface area contributed by atoms with E-state index in [0.29, 0.717) is 0 Å². The molecule has 1 unspecified atom stereocenters. The number of hydrogen-bond acceptors (Lipinski definition) is 2. The van der Waals surface area contributed by atoms with Gasteiger partial charge in [-0.3, -0.25) is 0 Å². The Kier molecular flexibility index (Phi) is 5.38. The number of carboxylic acid groups (broad SMARTS) is 1. The molecular formula is C18H21NO2. The predicted octanol–water partition coefficient (Wildman–Crippen LogP) is 4.27. The van der Waals surface area contributed by atoms with E-state index in [1.54, 1.807) is 0 Å². The summed E-state index contributed by atoms with van der Waals surface area (Å²) in [6, 6.07) is 16.5. The second-order valence-corrected chi connectivity index (χ2v) is 5.13.